The molecule has 2 N–H and O–H groups in total. The van der Waals surface area contributed by atoms with Gasteiger partial charge in [-0.2, -0.15) is 0 Å². The molecular weight excluding hydrogens is 200 g/mol. The van der Waals surface area contributed by atoms with Gasteiger partial charge in [-0.15, -0.1) is 6.58 Å². The van der Waals surface area contributed by atoms with Crippen molar-refractivity contribution in [1.29, 1.82) is 0 Å². The van der Waals surface area contributed by atoms with Crippen LogP contribution in [0.15, 0.2) is 12.7 Å². The topological polar surface area (TPSA) is 58.2 Å². The summed E-state index contributed by atoms with van der Waals surface area (Å²) in [6.07, 6.45) is 2.32. The van der Waals surface area contributed by atoms with Gasteiger partial charge in [-0.3, -0.25) is 9.59 Å². The molecule has 1 aliphatic rings. The third kappa shape index (κ3) is 1.55. The van der Waals surface area contributed by atoms with Crippen molar-refractivity contribution in [3.05, 3.63) is 12.7 Å². The number of hydrogen-bond acceptors (Lipinski definition) is 3. The summed E-state index contributed by atoms with van der Waals surface area (Å²) in [6.45, 7) is 5.33. The smallest absolute Gasteiger partial charge is 0.242 e. The molecule has 0 atom stereocenters. The Kier molecular flexibility index (Phi) is 3.00. The Morgan fingerprint density at radius 1 is 1.43 bits per heavy atom. The molecule has 0 unspecified atom stereocenters. The number of carbonyl (C=O) groups is 2. The van der Waals surface area contributed by atoms with Crippen molar-refractivity contribution in [2.24, 2.45) is 5.41 Å². The number of thiocarbonyl (C=S) groups is 1. The predicted molar refractivity (Wildman–Crippen MR) is 56.4 cm³/mol. The fourth-order valence-corrected chi connectivity index (χ4v) is 1.66. The molecule has 14 heavy (non-hydrogen) atoms. The van der Waals surface area contributed by atoms with Gasteiger partial charge in [-0.05, 0) is 25.1 Å². The Morgan fingerprint density at radius 2 is 1.93 bits per heavy atom. The molecule has 0 bridgehead atoms. The number of carbonyl (C=O) groups excluding carboxylic acids is 2. The van der Waals surface area contributed by atoms with E-state index in [1.807, 2.05) is 0 Å². The lowest BCUT2D eigenvalue weighted by atomic mass is 9.79. The van der Waals surface area contributed by atoms with Gasteiger partial charge in [0, 0.05) is 0 Å². The van der Waals surface area contributed by atoms with Crippen LogP contribution >= 0.6 is 12.2 Å². The van der Waals surface area contributed by atoms with E-state index in [2.05, 4.69) is 17.2 Å². The number of rotatable bonds is 3. The van der Waals surface area contributed by atoms with Crippen LogP contribution in [-0.4, -0.2) is 16.9 Å². The molecule has 0 aromatic rings. The molecule has 76 valence electrons. The minimum Gasteiger partial charge on any atom is -0.302 e. The van der Waals surface area contributed by atoms with Gasteiger partial charge in [-0.25, -0.2) is 0 Å². The molecule has 0 saturated carbocycles. The first-order valence-corrected chi connectivity index (χ1v) is 4.75. The molecule has 2 amide bonds. The van der Waals surface area contributed by atoms with Crippen LogP contribution in [0.4, 0.5) is 0 Å². The van der Waals surface area contributed by atoms with E-state index < -0.39 is 5.41 Å². The van der Waals surface area contributed by atoms with Crippen LogP contribution in [0, 0.1) is 5.41 Å². The largest absolute Gasteiger partial charge is 0.302 e. The zero-order valence-electron chi connectivity index (χ0n) is 7.92. The Hall–Kier alpha value is -1.23. The maximum atomic E-state index is 11.7. The van der Waals surface area contributed by atoms with E-state index in [1.165, 1.54) is 0 Å². The van der Waals surface area contributed by atoms with Crippen LogP contribution in [0.1, 0.15) is 19.8 Å². The van der Waals surface area contributed by atoms with Crippen LogP contribution in [0.2, 0.25) is 0 Å². The van der Waals surface area contributed by atoms with Crippen molar-refractivity contribution >= 4 is 29.1 Å². The molecule has 1 heterocycles. The number of amides is 2. The van der Waals surface area contributed by atoms with Crippen LogP contribution in [-0.2, 0) is 9.59 Å². The molecule has 5 heteroatoms. The van der Waals surface area contributed by atoms with Gasteiger partial charge < -0.3 is 10.6 Å². The number of hydrogen-bond donors (Lipinski definition) is 2. The maximum absolute atomic E-state index is 11.7. The van der Waals surface area contributed by atoms with E-state index in [9.17, 15) is 9.59 Å². The molecule has 1 rings (SSSR count). The third-order valence-electron chi connectivity index (χ3n) is 2.42. The molecule has 0 aliphatic carbocycles. The molecule has 1 aliphatic heterocycles. The first-order chi connectivity index (χ1) is 6.56. The van der Waals surface area contributed by atoms with Crippen molar-refractivity contribution in [2.75, 3.05) is 0 Å². The second-order valence-electron chi connectivity index (χ2n) is 3.17. The molecule has 0 spiro atoms. The lowest BCUT2D eigenvalue weighted by Gasteiger charge is -2.33. The normalized spacial score (nSPS) is 19.9. The monoisotopic (exact) mass is 212 g/mol. The minimum atomic E-state index is -1.04. The van der Waals surface area contributed by atoms with E-state index in [4.69, 9.17) is 12.2 Å². The Bertz CT molecular complexity index is 292. The van der Waals surface area contributed by atoms with Crippen LogP contribution < -0.4 is 10.6 Å². The summed E-state index contributed by atoms with van der Waals surface area (Å²) in [7, 11) is 0. The summed E-state index contributed by atoms with van der Waals surface area (Å²) in [4.78, 5) is 23.3. The lowest BCUT2D eigenvalue weighted by Crippen LogP contribution is -2.61. The predicted octanol–water partition coefficient (Wildman–Crippen LogP) is 0.490. The van der Waals surface area contributed by atoms with Crippen molar-refractivity contribution in [3.8, 4) is 0 Å². The van der Waals surface area contributed by atoms with E-state index in [1.54, 1.807) is 13.0 Å². The number of nitrogens with one attached hydrogen (secondary N) is 2. The maximum Gasteiger partial charge on any atom is 0.242 e. The lowest BCUT2D eigenvalue weighted by molar-refractivity contribution is -0.143. The standard InChI is InChI=1S/C9H12N2O2S/c1-3-5-9(4-2)6(12)10-8(14)11-7(9)13/h3H,1,4-5H2,2H3,(H2,10,11,12,13,14). The summed E-state index contributed by atoms with van der Waals surface area (Å²) < 4.78 is 0. The second kappa shape index (κ2) is 3.88. The fourth-order valence-electron chi connectivity index (χ4n) is 1.48. The summed E-state index contributed by atoms with van der Waals surface area (Å²) >= 11 is 4.70. The number of allylic oxidation sites excluding steroid dienone is 1. The molecule has 1 fully saturated rings. The summed E-state index contributed by atoms with van der Waals surface area (Å²) in [5.74, 6) is -0.678. The Balaban J connectivity index is 3.03. The van der Waals surface area contributed by atoms with Crippen LogP contribution in [0.25, 0.3) is 0 Å². The van der Waals surface area contributed by atoms with Gasteiger partial charge >= 0.3 is 0 Å². The van der Waals surface area contributed by atoms with Gasteiger partial charge in [-0.1, -0.05) is 13.0 Å². The highest BCUT2D eigenvalue weighted by atomic mass is 32.1. The van der Waals surface area contributed by atoms with Gasteiger partial charge in [0.2, 0.25) is 11.8 Å². The summed E-state index contributed by atoms with van der Waals surface area (Å²) in [6, 6.07) is 0. The molecule has 4 nitrogen and oxygen atoms in total. The van der Waals surface area contributed by atoms with Gasteiger partial charge in [0.25, 0.3) is 0 Å². The zero-order valence-corrected chi connectivity index (χ0v) is 8.74. The van der Waals surface area contributed by atoms with E-state index >= 15 is 0 Å². The molecular formula is C9H12N2O2S. The van der Waals surface area contributed by atoms with Gasteiger partial charge in [0.1, 0.15) is 5.41 Å². The Labute approximate surface area is 87.7 Å². The molecule has 0 radical (unpaired) electrons. The van der Waals surface area contributed by atoms with Gasteiger partial charge in [0.05, 0.1) is 0 Å². The van der Waals surface area contributed by atoms with Crippen LogP contribution in [0.5, 0.6) is 0 Å². The van der Waals surface area contributed by atoms with Crippen molar-refractivity contribution < 1.29 is 9.59 Å². The Morgan fingerprint density at radius 3 is 2.29 bits per heavy atom. The highest BCUT2D eigenvalue weighted by molar-refractivity contribution is 7.80. The second-order valence-corrected chi connectivity index (χ2v) is 3.57. The molecule has 0 aromatic carbocycles. The molecule has 1 saturated heterocycles. The summed E-state index contributed by atoms with van der Waals surface area (Å²) in [5.41, 5.74) is -1.04. The highest BCUT2D eigenvalue weighted by Gasteiger charge is 2.46. The summed E-state index contributed by atoms with van der Waals surface area (Å²) in [5, 5.41) is 4.98. The first kappa shape index (κ1) is 10.8. The van der Waals surface area contributed by atoms with Crippen LogP contribution in [0.3, 0.4) is 0 Å². The minimum absolute atomic E-state index is 0.0770. The first-order valence-electron chi connectivity index (χ1n) is 4.34. The third-order valence-corrected chi connectivity index (χ3v) is 2.62. The van der Waals surface area contributed by atoms with Gasteiger partial charge in [0.15, 0.2) is 5.11 Å². The highest BCUT2D eigenvalue weighted by Crippen LogP contribution is 2.29. The van der Waals surface area contributed by atoms with E-state index in [0.717, 1.165) is 0 Å². The van der Waals surface area contributed by atoms with Crippen molar-refractivity contribution in [2.45, 2.75) is 19.8 Å². The van der Waals surface area contributed by atoms with Crippen molar-refractivity contribution in [3.63, 3.8) is 0 Å². The van der Waals surface area contributed by atoms with E-state index in [-0.39, 0.29) is 16.9 Å². The quantitative estimate of drug-likeness (QED) is 0.406. The zero-order chi connectivity index (χ0) is 10.8. The van der Waals surface area contributed by atoms with E-state index in [0.29, 0.717) is 12.8 Å². The average molecular weight is 212 g/mol. The SMILES string of the molecule is C=CCC1(CC)C(=O)NC(=S)NC1=O. The fraction of sp³-hybridized carbons (Fsp3) is 0.444. The molecule has 0 aromatic heterocycles. The average Bonchev–Trinajstić information content (AvgIpc) is 2.11. The van der Waals surface area contributed by atoms with Crippen molar-refractivity contribution in [1.82, 2.24) is 10.6 Å².